The van der Waals surface area contributed by atoms with E-state index in [0.717, 1.165) is 24.0 Å². The number of aromatic nitrogens is 6. The third kappa shape index (κ3) is 3.34. The summed E-state index contributed by atoms with van der Waals surface area (Å²) in [5.41, 5.74) is 0.983. The topological polar surface area (TPSA) is 61.4 Å². The van der Waals surface area contributed by atoms with Crippen molar-refractivity contribution in [3.63, 3.8) is 0 Å². The lowest BCUT2D eigenvalue weighted by Crippen LogP contribution is -2.06. The molecule has 0 bridgehead atoms. The Hall–Kier alpha value is -2.03. The lowest BCUT2D eigenvalue weighted by Gasteiger charge is -2.07. The first-order valence-corrected chi connectivity index (χ1v) is 8.32. The molecule has 0 unspecified atom stereocenters. The van der Waals surface area contributed by atoms with Crippen molar-refractivity contribution in [1.29, 1.82) is 0 Å². The predicted molar refractivity (Wildman–Crippen MR) is 83.3 cm³/mol. The molecule has 2 aromatic heterocycles. The molecule has 0 amide bonds. The van der Waals surface area contributed by atoms with Crippen LogP contribution in [-0.4, -0.2) is 29.8 Å². The molecule has 6 nitrogen and oxygen atoms in total. The molecule has 23 heavy (non-hydrogen) atoms. The Morgan fingerprint density at radius 3 is 2.87 bits per heavy atom. The van der Waals surface area contributed by atoms with E-state index < -0.39 is 6.55 Å². The van der Waals surface area contributed by atoms with Crippen molar-refractivity contribution in [3.8, 4) is 0 Å². The number of unbranched alkanes of at least 4 members (excludes halogenated alkanes) is 1. The van der Waals surface area contributed by atoms with Gasteiger partial charge in [0.05, 0.1) is 16.8 Å². The number of para-hydroxylation sites is 2. The fourth-order valence-electron chi connectivity index (χ4n) is 2.25. The molecule has 3 aromatic rings. The largest absolute Gasteiger partial charge is 0.321 e. The van der Waals surface area contributed by atoms with E-state index in [0.29, 0.717) is 22.6 Å². The third-order valence-electron chi connectivity index (χ3n) is 3.42. The monoisotopic (exact) mass is 338 g/mol. The highest BCUT2D eigenvalue weighted by Crippen LogP contribution is 2.30. The highest BCUT2D eigenvalue weighted by atomic mass is 32.2. The van der Waals surface area contributed by atoms with Crippen LogP contribution in [0.25, 0.3) is 11.0 Å². The smallest absolute Gasteiger partial charge is 0.261 e. The minimum Gasteiger partial charge on any atom is -0.261 e. The number of halogens is 2. The number of thioether (sulfide) groups is 1. The second-order valence-corrected chi connectivity index (χ2v) is 5.93. The Labute approximate surface area is 135 Å². The average molecular weight is 338 g/mol. The second-order valence-electron chi connectivity index (χ2n) is 4.99. The Morgan fingerprint density at radius 2 is 2.09 bits per heavy atom. The van der Waals surface area contributed by atoms with Crippen molar-refractivity contribution in [2.24, 2.45) is 0 Å². The van der Waals surface area contributed by atoms with Crippen molar-refractivity contribution >= 4 is 22.8 Å². The fourth-order valence-corrected chi connectivity index (χ4v) is 3.20. The number of rotatable bonds is 7. The third-order valence-corrected chi connectivity index (χ3v) is 4.37. The number of aryl methyl sites for hydroxylation is 1. The number of hydrogen-bond donors (Lipinski definition) is 0. The van der Waals surface area contributed by atoms with Gasteiger partial charge in [-0.15, -0.1) is 5.10 Å². The summed E-state index contributed by atoms with van der Waals surface area (Å²) >= 11 is 1.21. The van der Waals surface area contributed by atoms with Gasteiger partial charge in [-0.05, 0) is 29.0 Å². The quantitative estimate of drug-likeness (QED) is 0.617. The van der Waals surface area contributed by atoms with Gasteiger partial charge in [-0.3, -0.25) is 4.57 Å². The highest BCUT2D eigenvalue weighted by molar-refractivity contribution is 7.98. The Balaban J connectivity index is 1.82. The van der Waals surface area contributed by atoms with Crippen LogP contribution in [-0.2, 0) is 12.3 Å². The maximum Gasteiger partial charge on any atom is 0.321 e. The number of hydrogen-bond acceptors (Lipinski definition) is 5. The normalized spacial score (nSPS) is 11.7. The number of imidazole rings is 1. The Morgan fingerprint density at radius 1 is 1.26 bits per heavy atom. The SMILES string of the molecule is CCCCn1nnnc1CSc1nc2ccccc2n1C(F)F. The molecule has 3 rings (SSSR count). The summed E-state index contributed by atoms with van der Waals surface area (Å²) in [6, 6.07) is 6.88. The van der Waals surface area contributed by atoms with Crippen LogP contribution >= 0.6 is 11.8 Å². The van der Waals surface area contributed by atoms with Crippen LogP contribution in [0.4, 0.5) is 8.78 Å². The first-order chi connectivity index (χ1) is 11.2. The molecule has 1 aromatic carbocycles. The van der Waals surface area contributed by atoms with Gasteiger partial charge in [-0.1, -0.05) is 37.2 Å². The molecular weight excluding hydrogens is 322 g/mol. The minimum absolute atomic E-state index is 0.270. The van der Waals surface area contributed by atoms with Crippen LogP contribution in [0.2, 0.25) is 0 Å². The van der Waals surface area contributed by atoms with Crippen molar-refractivity contribution in [3.05, 3.63) is 30.1 Å². The van der Waals surface area contributed by atoms with E-state index in [1.54, 1.807) is 28.9 Å². The minimum atomic E-state index is -2.64. The Bertz CT molecular complexity index is 785. The number of nitrogens with zero attached hydrogens (tertiary/aromatic N) is 6. The van der Waals surface area contributed by atoms with E-state index in [9.17, 15) is 8.78 Å². The second kappa shape index (κ2) is 7.03. The predicted octanol–water partition coefficient (Wildman–Crippen LogP) is 3.51. The van der Waals surface area contributed by atoms with Gasteiger partial charge in [0.2, 0.25) is 0 Å². The first-order valence-electron chi connectivity index (χ1n) is 7.33. The standard InChI is InChI=1S/C14H16F2N6S/c1-2-3-8-21-12(18-19-20-21)9-23-14-17-10-6-4-5-7-11(10)22(14)13(15)16/h4-7,13H,2-3,8-9H2,1H3. The van der Waals surface area contributed by atoms with Gasteiger partial charge in [-0.25, -0.2) is 9.67 Å². The molecule has 0 radical (unpaired) electrons. The highest BCUT2D eigenvalue weighted by Gasteiger charge is 2.18. The molecule has 9 heteroatoms. The van der Waals surface area contributed by atoms with Crippen molar-refractivity contribution in [2.75, 3.05) is 0 Å². The molecule has 0 aliphatic heterocycles. The van der Waals surface area contributed by atoms with Gasteiger partial charge in [0, 0.05) is 6.54 Å². The summed E-state index contributed by atoms with van der Waals surface area (Å²) < 4.78 is 29.4. The maximum absolute atomic E-state index is 13.4. The summed E-state index contributed by atoms with van der Waals surface area (Å²) in [5.74, 6) is 1.06. The van der Waals surface area contributed by atoms with E-state index in [4.69, 9.17) is 0 Å². The number of fused-ring (bicyclic) bond motifs is 1. The molecule has 0 atom stereocenters. The van der Waals surface area contributed by atoms with Crippen molar-refractivity contribution < 1.29 is 8.78 Å². The van der Waals surface area contributed by atoms with Crippen LogP contribution in [0.15, 0.2) is 29.4 Å². The van der Waals surface area contributed by atoms with E-state index in [1.165, 1.54) is 11.8 Å². The summed E-state index contributed by atoms with van der Waals surface area (Å²) in [6.07, 6.45) is 2.01. The molecule has 0 N–H and O–H groups in total. The fraction of sp³-hybridized carbons (Fsp3) is 0.429. The molecule has 0 aliphatic carbocycles. The van der Waals surface area contributed by atoms with E-state index in [1.807, 2.05) is 0 Å². The zero-order valence-electron chi connectivity index (χ0n) is 12.6. The number of tetrazole rings is 1. The number of alkyl halides is 2. The molecular formula is C14H16F2N6S. The Kier molecular flexibility index (Phi) is 4.85. The van der Waals surface area contributed by atoms with Crippen LogP contribution < -0.4 is 0 Å². The van der Waals surface area contributed by atoms with Gasteiger partial charge >= 0.3 is 6.55 Å². The van der Waals surface area contributed by atoms with Crippen molar-refractivity contribution in [2.45, 2.75) is 43.8 Å². The maximum atomic E-state index is 13.4. The molecule has 0 saturated heterocycles. The molecule has 0 spiro atoms. The zero-order chi connectivity index (χ0) is 16.2. The van der Waals surface area contributed by atoms with Gasteiger partial charge in [0.1, 0.15) is 0 Å². The average Bonchev–Trinajstić information content (AvgIpc) is 3.14. The van der Waals surface area contributed by atoms with E-state index in [2.05, 4.69) is 27.4 Å². The van der Waals surface area contributed by atoms with Gasteiger partial charge in [-0.2, -0.15) is 8.78 Å². The van der Waals surface area contributed by atoms with Crippen LogP contribution in [0.3, 0.4) is 0 Å². The van der Waals surface area contributed by atoms with Crippen LogP contribution in [0, 0.1) is 0 Å². The summed E-state index contributed by atoms with van der Waals surface area (Å²) in [4.78, 5) is 4.29. The molecule has 0 saturated carbocycles. The lowest BCUT2D eigenvalue weighted by atomic mass is 10.3. The summed E-state index contributed by atoms with van der Waals surface area (Å²) in [5, 5.41) is 11.8. The van der Waals surface area contributed by atoms with Gasteiger partial charge < -0.3 is 0 Å². The van der Waals surface area contributed by atoms with Crippen LogP contribution in [0.1, 0.15) is 32.1 Å². The van der Waals surface area contributed by atoms with Crippen molar-refractivity contribution in [1.82, 2.24) is 29.8 Å². The molecule has 122 valence electrons. The molecule has 0 aliphatic rings. The molecule has 2 heterocycles. The molecule has 0 fully saturated rings. The van der Waals surface area contributed by atoms with Gasteiger partial charge in [0.15, 0.2) is 11.0 Å². The first kappa shape index (κ1) is 15.9. The number of benzene rings is 1. The summed E-state index contributed by atoms with van der Waals surface area (Å²) in [7, 11) is 0. The van der Waals surface area contributed by atoms with E-state index in [-0.39, 0.29) is 5.16 Å². The van der Waals surface area contributed by atoms with E-state index >= 15 is 0 Å². The summed E-state index contributed by atoms with van der Waals surface area (Å²) in [6.45, 7) is 0.176. The lowest BCUT2D eigenvalue weighted by molar-refractivity contribution is 0.0656. The van der Waals surface area contributed by atoms with Crippen LogP contribution in [0.5, 0.6) is 0 Å². The zero-order valence-corrected chi connectivity index (χ0v) is 13.4. The van der Waals surface area contributed by atoms with Gasteiger partial charge in [0.25, 0.3) is 0 Å².